The first-order valence-electron chi connectivity index (χ1n) is 7.59. The lowest BCUT2D eigenvalue weighted by molar-refractivity contribution is -0.157. The molecule has 21 heavy (non-hydrogen) atoms. The van der Waals surface area contributed by atoms with Gasteiger partial charge in [-0.25, -0.2) is 0 Å². The van der Waals surface area contributed by atoms with E-state index in [-0.39, 0.29) is 12.1 Å². The van der Waals surface area contributed by atoms with E-state index in [0.29, 0.717) is 0 Å². The molecule has 3 nitrogen and oxygen atoms in total. The number of hydrogen-bond acceptors (Lipinski definition) is 3. The Bertz CT molecular complexity index is 488. The number of carbonyl (C=O) groups is 1. The van der Waals surface area contributed by atoms with Gasteiger partial charge in [0.05, 0.1) is 5.41 Å². The molecule has 1 atom stereocenters. The third-order valence-corrected chi connectivity index (χ3v) is 3.58. The molecule has 1 aliphatic rings. The molecule has 0 aliphatic carbocycles. The molecule has 0 radical (unpaired) electrons. The molecular weight excluding hydrogens is 262 g/mol. The van der Waals surface area contributed by atoms with Crippen molar-refractivity contribution >= 4 is 5.97 Å². The highest BCUT2D eigenvalue weighted by Crippen LogP contribution is 2.18. The van der Waals surface area contributed by atoms with E-state index in [1.54, 1.807) is 0 Å². The Morgan fingerprint density at radius 3 is 2.67 bits per heavy atom. The molecule has 1 aliphatic heterocycles. The van der Waals surface area contributed by atoms with Crippen LogP contribution in [0.15, 0.2) is 42.5 Å². The van der Waals surface area contributed by atoms with Gasteiger partial charge in [-0.05, 0) is 38.8 Å². The van der Waals surface area contributed by atoms with Crippen LogP contribution in [0, 0.1) is 5.41 Å². The second-order valence-electron chi connectivity index (χ2n) is 6.62. The first-order chi connectivity index (χ1) is 9.95. The van der Waals surface area contributed by atoms with Gasteiger partial charge < -0.3 is 4.74 Å². The summed E-state index contributed by atoms with van der Waals surface area (Å²) in [6.07, 6.45) is 4.99. The molecule has 0 amide bonds. The lowest BCUT2D eigenvalue weighted by atomic mass is 9.97. The van der Waals surface area contributed by atoms with E-state index in [1.807, 2.05) is 32.9 Å². The summed E-state index contributed by atoms with van der Waals surface area (Å²) in [6.45, 7) is 8.35. The predicted molar refractivity (Wildman–Crippen MR) is 85.1 cm³/mol. The number of hydrogen-bond donors (Lipinski definition) is 0. The largest absolute Gasteiger partial charge is 0.456 e. The molecule has 0 N–H and O–H groups in total. The standard InChI is InChI=1S/C18H25NO2/c1-18(2,3)17(20)21-16-10-7-12-19(14-16)13-11-15-8-5-4-6-9-15/h4-10,16H,11-14H2,1-3H3. The molecule has 0 fully saturated rings. The van der Waals surface area contributed by atoms with Gasteiger partial charge in [-0.2, -0.15) is 0 Å². The minimum absolute atomic E-state index is 0.124. The van der Waals surface area contributed by atoms with E-state index in [4.69, 9.17) is 4.74 Å². The van der Waals surface area contributed by atoms with Gasteiger partial charge in [-0.15, -0.1) is 0 Å². The molecular formula is C18H25NO2. The smallest absolute Gasteiger partial charge is 0.311 e. The molecule has 0 bridgehead atoms. The molecule has 3 heteroatoms. The van der Waals surface area contributed by atoms with E-state index < -0.39 is 5.41 Å². The maximum atomic E-state index is 11.9. The van der Waals surface area contributed by atoms with Crippen molar-refractivity contribution in [2.24, 2.45) is 5.41 Å². The zero-order valence-electron chi connectivity index (χ0n) is 13.2. The van der Waals surface area contributed by atoms with Crippen LogP contribution in [-0.4, -0.2) is 36.6 Å². The number of rotatable bonds is 4. The second kappa shape index (κ2) is 6.90. The van der Waals surface area contributed by atoms with E-state index in [1.165, 1.54) is 5.56 Å². The van der Waals surface area contributed by atoms with Crippen LogP contribution in [0.5, 0.6) is 0 Å². The van der Waals surface area contributed by atoms with Crippen LogP contribution in [-0.2, 0) is 16.0 Å². The van der Waals surface area contributed by atoms with Gasteiger partial charge >= 0.3 is 5.97 Å². The highest BCUT2D eigenvalue weighted by Gasteiger charge is 2.27. The van der Waals surface area contributed by atoms with Crippen LogP contribution in [0.4, 0.5) is 0 Å². The van der Waals surface area contributed by atoms with E-state index >= 15 is 0 Å². The number of nitrogens with zero attached hydrogens (tertiary/aromatic N) is 1. The molecule has 1 heterocycles. The third-order valence-electron chi connectivity index (χ3n) is 3.58. The summed E-state index contributed by atoms with van der Waals surface area (Å²) in [5.41, 5.74) is 0.899. The van der Waals surface area contributed by atoms with Gasteiger partial charge in [0.1, 0.15) is 6.10 Å². The van der Waals surface area contributed by atoms with E-state index in [2.05, 4.69) is 35.2 Å². The molecule has 0 spiro atoms. The molecule has 1 unspecified atom stereocenters. The Morgan fingerprint density at radius 1 is 1.29 bits per heavy atom. The number of ether oxygens (including phenoxy) is 1. The van der Waals surface area contributed by atoms with Crippen molar-refractivity contribution in [3.05, 3.63) is 48.0 Å². The predicted octanol–water partition coefficient (Wildman–Crippen LogP) is 3.06. The zero-order chi connectivity index (χ0) is 15.3. The minimum Gasteiger partial charge on any atom is -0.456 e. The third kappa shape index (κ3) is 5.01. The number of benzene rings is 1. The molecule has 2 rings (SSSR count). The molecule has 1 aromatic carbocycles. The van der Waals surface area contributed by atoms with Crippen molar-refractivity contribution in [1.82, 2.24) is 4.90 Å². The highest BCUT2D eigenvalue weighted by molar-refractivity contribution is 5.75. The summed E-state index contributed by atoms with van der Waals surface area (Å²) in [5, 5.41) is 0. The Labute approximate surface area is 127 Å². The quantitative estimate of drug-likeness (QED) is 0.629. The summed E-state index contributed by atoms with van der Waals surface area (Å²) in [7, 11) is 0. The van der Waals surface area contributed by atoms with Crippen molar-refractivity contribution < 1.29 is 9.53 Å². The van der Waals surface area contributed by atoms with Crippen LogP contribution in [0.1, 0.15) is 26.3 Å². The number of carbonyl (C=O) groups excluding carboxylic acids is 1. The highest BCUT2D eigenvalue weighted by atomic mass is 16.5. The van der Waals surface area contributed by atoms with Gasteiger partial charge in [0.25, 0.3) is 0 Å². The zero-order valence-corrected chi connectivity index (χ0v) is 13.2. The van der Waals surface area contributed by atoms with Crippen molar-refractivity contribution in [2.45, 2.75) is 33.3 Å². The normalized spacial score (nSPS) is 19.5. The number of esters is 1. The Balaban J connectivity index is 1.82. The molecule has 114 valence electrons. The summed E-state index contributed by atoms with van der Waals surface area (Å²) in [5.74, 6) is -0.137. The second-order valence-corrected chi connectivity index (χ2v) is 6.62. The maximum Gasteiger partial charge on any atom is 0.311 e. The average Bonchev–Trinajstić information content (AvgIpc) is 2.46. The van der Waals surface area contributed by atoms with Crippen LogP contribution in [0.3, 0.4) is 0 Å². The van der Waals surface area contributed by atoms with Crippen molar-refractivity contribution in [1.29, 1.82) is 0 Å². The van der Waals surface area contributed by atoms with Crippen LogP contribution >= 0.6 is 0 Å². The van der Waals surface area contributed by atoms with Crippen molar-refractivity contribution in [2.75, 3.05) is 19.6 Å². The molecule has 1 aromatic rings. The van der Waals surface area contributed by atoms with E-state index in [0.717, 1.165) is 26.1 Å². The Hall–Kier alpha value is -1.61. The lowest BCUT2D eigenvalue weighted by Crippen LogP contribution is -2.40. The van der Waals surface area contributed by atoms with Gasteiger partial charge in [0, 0.05) is 19.6 Å². The monoisotopic (exact) mass is 287 g/mol. The summed E-state index contributed by atoms with van der Waals surface area (Å²) in [4.78, 5) is 14.3. The van der Waals surface area contributed by atoms with E-state index in [9.17, 15) is 4.79 Å². The summed E-state index contributed by atoms with van der Waals surface area (Å²) in [6, 6.07) is 10.5. The Kier molecular flexibility index (Phi) is 5.18. The van der Waals surface area contributed by atoms with Gasteiger partial charge in [0.2, 0.25) is 0 Å². The van der Waals surface area contributed by atoms with Crippen LogP contribution in [0.25, 0.3) is 0 Å². The first kappa shape index (κ1) is 15.8. The van der Waals surface area contributed by atoms with Gasteiger partial charge in [-0.3, -0.25) is 9.69 Å². The molecule has 0 aromatic heterocycles. The van der Waals surface area contributed by atoms with Gasteiger partial charge in [0.15, 0.2) is 0 Å². The maximum absolute atomic E-state index is 11.9. The fourth-order valence-corrected chi connectivity index (χ4v) is 2.26. The molecule has 0 saturated carbocycles. The van der Waals surface area contributed by atoms with Crippen molar-refractivity contribution in [3.8, 4) is 0 Å². The van der Waals surface area contributed by atoms with Gasteiger partial charge in [-0.1, -0.05) is 36.4 Å². The van der Waals surface area contributed by atoms with Crippen molar-refractivity contribution in [3.63, 3.8) is 0 Å². The average molecular weight is 287 g/mol. The fraction of sp³-hybridized carbons (Fsp3) is 0.500. The fourth-order valence-electron chi connectivity index (χ4n) is 2.26. The van der Waals surface area contributed by atoms with Crippen LogP contribution in [0.2, 0.25) is 0 Å². The summed E-state index contributed by atoms with van der Waals surface area (Å²) < 4.78 is 5.57. The first-order valence-corrected chi connectivity index (χ1v) is 7.59. The SMILES string of the molecule is CC(C)(C)C(=O)OC1C=CCN(CCc2ccccc2)C1. The lowest BCUT2D eigenvalue weighted by Gasteiger charge is -2.30. The topological polar surface area (TPSA) is 29.5 Å². The minimum atomic E-state index is -0.444. The molecule has 0 saturated heterocycles. The van der Waals surface area contributed by atoms with Crippen LogP contribution < -0.4 is 0 Å². The summed E-state index contributed by atoms with van der Waals surface area (Å²) >= 11 is 0. The Morgan fingerprint density at radius 2 is 2.00 bits per heavy atom.